The molecular formula is C41H57N3O7S. The fraction of sp³-hybridized carbons (Fsp3) is 0.585. The molecule has 6 unspecified atom stereocenters. The Labute approximate surface area is 313 Å². The van der Waals surface area contributed by atoms with Gasteiger partial charge < -0.3 is 34.6 Å². The summed E-state index contributed by atoms with van der Waals surface area (Å²) in [6, 6.07) is 9.76. The first-order valence-electron chi connectivity index (χ1n) is 18.9. The molecule has 1 amide bonds. The predicted octanol–water partition coefficient (Wildman–Crippen LogP) is 7.60. The molecule has 0 spiro atoms. The van der Waals surface area contributed by atoms with Gasteiger partial charge in [-0.05, 0) is 119 Å². The number of rotatable bonds is 18. The molecule has 6 atom stereocenters. The monoisotopic (exact) mass is 735 g/mol. The molecule has 52 heavy (non-hydrogen) atoms. The van der Waals surface area contributed by atoms with Crippen LogP contribution >= 0.6 is 11.8 Å². The number of hydrogen-bond donors (Lipinski definition) is 3. The lowest BCUT2D eigenvalue weighted by atomic mass is 9.56. The van der Waals surface area contributed by atoms with Crippen LogP contribution in [0.15, 0.2) is 72.2 Å². The number of nitrogens with one attached hydrogen (secondary N) is 1. The summed E-state index contributed by atoms with van der Waals surface area (Å²) in [5.41, 5.74) is 3.65. The van der Waals surface area contributed by atoms with Gasteiger partial charge in [0.2, 0.25) is 5.79 Å². The van der Waals surface area contributed by atoms with Crippen LogP contribution < -0.4 is 14.8 Å². The molecule has 1 aliphatic heterocycles. The Morgan fingerprint density at radius 2 is 1.88 bits per heavy atom. The molecule has 2 aromatic rings. The number of unbranched alkanes of at least 4 members (excludes halogenated alkanes) is 2. The Balaban J connectivity index is 1.69. The van der Waals surface area contributed by atoms with Crippen molar-refractivity contribution in [3.8, 4) is 11.5 Å². The van der Waals surface area contributed by atoms with Crippen molar-refractivity contribution in [2.45, 2.75) is 102 Å². The number of carbonyl (C=O) groups excluding carboxylic acids is 1. The average Bonchev–Trinajstić information content (AvgIpc) is 3.12. The van der Waals surface area contributed by atoms with Gasteiger partial charge in [0.15, 0.2) is 0 Å². The number of oxime groups is 1. The largest absolute Gasteiger partial charge is 0.460 e. The fourth-order valence-electron chi connectivity index (χ4n) is 7.89. The summed E-state index contributed by atoms with van der Waals surface area (Å²) in [4.78, 5) is 23.0. The molecule has 5 rings (SSSR count). The molecule has 1 aromatic heterocycles. The van der Waals surface area contributed by atoms with E-state index in [9.17, 15) is 15.0 Å². The van der Waals surface area contributed by atoms with E-state index in [1.807, 2.05) is 64.0 Å². The van der Waals surface area contributed by atoms with Gasteiger partial charge in [0, 0.05) is 50.1 Å². The summed E-state index contributed by atoms with van der Waals surface area (Å²) in [6.45, 7) is 12.9. The van der Waals surface area contributed by atoms with Crippen LogP contribution in [0.3, 0.4) is 0 Å². The van der Waals surface area contributed by atoms with E-state index in [0.717, 1.165) is 61.1 Å². The SMILES string of the molecule is C=CCOC12Oc3ccc(OC(=O)NCC)cc3C3C(CCCCO)C(CCCCO)C=C(C(=NOC(C)(C)C)CC1SCCc1ccncc1)C32. The van der Waals surface area contributed by atoms with Gasteiger partial charge in [-0.15, -0.1) is 6.58 Å². The number of thioether (sulfide) groups is 1. The van der Waals surface area contributed by atoms with Crippen LogP contribution in [0.5, 0.6) is 11.5 Å². The summed E-state index contributed by atoms with van der Waals surface area (Å²) >= 11 is 1.83. The molecular weight excluding hydrogens is 679 g/mol. The molecule has 11 heteroatoms. The van der Waals surface area contributed by atoms with Crippen molar-refractivity contribution in [1.82, 2.24) is 10.3 Å². The highest BCUT2D eigenvalue weighted by atomic mass is 32.2. The smallest absolute Gasteiger partial charge is 0.412 e. The normalized spacial score (nSPS) is 25.7. The predicted molar refractivity (Wildman–Crippen MR) is 206 cm³/mol. The fourth-order valence-corrected chi connectivity index (χ4v) is 9.30. The maximum Gasteiger partial charge on any atom is 0.412 e. The highest BCUT2D eigenvalue weighted by molar-refractivity contribution is 8.00. The summed E-state index contributed by atoms with van der Waals surface area (Å²) in [7, 11) is 0. The summed E-state index contributed by atoms with van der Waals surface area (Å²) in [6.07, 6.45) is 13.7. The highest BCUT2D eigenvalue weighted by Crippen LogP contribution is 2.62. The minimum absolute atomic E-state index is 0.0902. The lowest BCUT2D eigenvalue weighted by molar-refractivity contribution is -0.223. The minimum Gasteiger partial charge on any atom is -0.460 e. The van der Waals surface area contributed by atoms with E-state index >= 15 is 0 Å². The van der Waals surface area contributed by atoms with Crippen LogP contribution in [0, 0.1) is 17.8 Å². The Hall–Kier alpha value is -3.38. The molecule has 1 fully saturated rings. The molecule has 0 saturated heterocycles. The number of carbonyl (C=O) groups is 1. The van der Waals surface area contributed by atoms with Crippen molar-refractivity contribution >= 4 is 23.6 Å². The van der Waals surface area contributed by atoms with Crippen molar-refractivity contribution in [1.29, 1.82) is 0 Å². The van der Waals surface area contributed by atoms with Crippen molar-refractivity contribution in [2.75, 3.05) is 32.1 Å². The number of benzene rings is 1. The first kappa shape index (κ1) is 39.8. The van der Waals surface area contributed by atoms with Gasteiger partial charge in [-0.2, -0.15) is 11.8 Å². The number of aromatic nitrogens is 1. The van der Waals surface area contributed by atoms with Gasteiger partial charge in [-0.25, -0.2) is 4.79 Å². The highest BCUT2D eigenvalue weighted by Gasteiger charge is 2.64. The molecule has 2 heterocycles. The van der Waals surface area contributed by atoms with E-state index in [0.29, 0.717) is 37.5 Å². The second kappa shape index (κ2) is 18.6. The van der Waals surface area contributed by atoms with Crippen LogP contribution in [-0.4, -0.2) is 75.8 Å². The standard InChI is InChI=1S/C41H57N3O7S/c1-6-23-48-41-36(52-24-18-28-16-19-42-20-17-28)27-34(44-51-40(3,4)5)32-25-29(12-8-10-21-45)31(13-9-11-22-46)37(38(32)41)33-26-30(14-15-35(33)50-41)49-39(47)43-7-2/h6,14-17,19-20,25-26,29,31,36-38,45-46H,1,7-13,18,21-24,27H2,2-5H3,(H,43,47). The first-order chi connectivity index (χ1) is 25.1. The van der Waals surface area contributed by atoms with Crippen molar-refractivity contribution < 1.29 is 34.1 Å². The lowest BCUT2D eigenvalue weighted by Gasteiger charge is -2.58. The number of amides is 1. The number of hydrogen-bond acceptors (Lipinski definition) is 10. The van der Waals surface area contributed by atoms with Crippen molar-refractivity contribution in [2.24, 2.45) is 22.9 Å². The second-order valence-corrected chi connectivity index (χ2v) is 16.2. The number of aliphatic hydroxyl groups excluding tert-OH is 2. The van der Waals surface area contributed by atoms with Crippen LogP contribution in [0.25, 0.3) is 0 Å². The van der Waals surface area contributed by atoms with E-state index < -0.39 is 17.5 Å². The summed E-state index contributed by atoms with van der Waals surface area (Å²) in [5.74, 6) is 0.883. The van der Waals surface area contributed by atoms with E-state index in [4.69, 9.17) is 24.2 Å². The molecule has 284 valence electrons. The van der Waals surface area contributed by atoms with Crippen LogP contribution in [-0.2, 0) is 16.0 Å². The van der Waals surface area contributed by atoms with Crippen molar-refractivity contribution in [3.63, 3.8) is 0 Å². The third-order valence-corrected chi connectivity index (χ3v) is 11.4. The van der Waals surface area contributed by atoms with E-state index in [-0.39, 0.29) is 42.1 Å². The summed E-state index contributed by atoms with van der Waals surface area (Å²) < 4.78 is 20.0. The van der Waals surface area contributed by atoms with Crippen LogP contribution in [0.2, 0.25) is 0 Å². The zero-order chi connectivity index (χ0) is 37.1. The molecule has 10 nitrogen and oxygen atoms in total. The van der Waals surface area contributed by atoms with E-state index in [2.05, 4.69) is 35.1 Å². The molecule has 0 bridgehead atoms. The maximum absolute atomic E-state index is 12.6. The van der Waals surface area contributed by atoms with Gasteiger partial charge in [0.05, 0.1) is 23.5 Å². The minimum atomic E-state index is -1.06. The Bertz CT molecular complexity index is 1540. The molecule has 1 saturated carbocycles. The Kier molecular flexibility index (Phi) is 14.2. The van der Waals surface area contributed by atoms with Gasteiger partial charge in [-0.1, -0.05) is 30.1 Å². The zero-order valence-corrected chi connectivity index (χ0v) is 32.0. The number of pyridine rings is 1. The average molecular weight is 736 g/mol. The third kappa shape index (κ3) is 9.58. The molecule has 3 N–H and O–H groups in total. The molecule has 1 aromatic carbocycles. The van der Waals surface area contributed by atoms with Gasteiger partial charge >= 0.3 is 6.09 Å². The van der Waals surface area contributed by atoms with Crippen LogP contribution in [0.4, 0.5) is 4.79 Å². The number of nitrogens with zero attached hydrogens (tertiary/aromatic N) is 2. The second-order valence-electron chi connectivity index (χ2n) is 14.8. The summed E-state index contributed by atoms with van der Waals surface area (Å²) in [5, 5.41) is 27.1. The number of aryl methyl sites for hydroxylation is 1. The number of allylic oxidation sites excluding steroid dienone is 1. The number of aliphatic hydroxyl groups is 2. The lowest BCUT2D eigenvalue weighted by Crippen LogP contribution is -2.64. The topological polar surface area (TPSA) is 132 Å². The van der Waals surface area contributed by atoms with Gasteiger partial charge in [0.25, 0.3) is 0 Å². The number of ether oxygens (including phenoxy) is 3. The molecule has 2 aliphatic carbocycles. The maximum atomic E-state index is 12.6. The molecule has 3 aliphatic rings. The van der Waals surface area contributed by atoms with Gasteiger partial charge in [-0.3, -0.25) is 4.98 Å². The first-order valence-corrected chi connectivity index (χ1v) is 19.9. The van der Waals surface area contributed by atoms with Gasteiger partial charge in [0.1, 0.15) is 17.1 Å². The van der Waals surface area contributed by atoms with E-state index in [1.54, 1.807) is 12.1 Å². The van der Waals surface area contributed by atoms with E-state index in [1.165, 1.54) is 5.56 Å². The Morgan fingerprint density at radius 1 is 1.13 bits per heavy atom. The Morgan fingerprint density at radius 3 is 2.58 bits per heavy atom. The number of fused-ring (bicyclic) bond motifs is 2. The van der Waals surface area contributed by atoms with Crippen LogP contribution in [0.1, 0.15) is 89.7 Å². The zero-order valence-electron chi connectivity index (χ0n) is 31.2. The van der Waals surface area contributed by atoms with Crippen molar-refractivity contribution in [3.05, 3.63) is 78.2 Å². The quantitative estimate of drug-likeness (QED) is 0.0805. The molecule has 0 radical (unpaired) electrons. The third-order valence-electron chi connectivity index (χ3n) is 10.0.